The van der Waals surface area contributed by atoms with Crippen molar-refractivity contribution in [1.29, 1.82) is 0 Å². The summed E-state index contributed by atoms with van der Waals surface area (Å²) in [5.74, 6) is 0.198. The number of benzene rings is 2. The number of methoxy groups -OCH3 is 1. The first-order valence-corrected chi connectivity index (χ1v) is 10.3. The van der Waals surface area contributed by atoms with Gasteiger partial charge in [-0.3, -0.25) is 9.36 Å². The Kier molecular flexibility index (Phi) is 5.72. The summed E-state index contributed by atoms with van der Waals surface area (Å²) in [7, 11) is 1.32. The molecule has 0 aliphatic carbocycles. The van der Waals surface area contributed by atoms with Crippen LogP contribution in [0.25, 0.3) is 10.9 Å². The van der Waals surface area contributed by atoms with Crippen molar-refractivity contribution in [3.8, 4) is 0 Å². The van der Waals surface area contributed by atoms with Gasteiger partial charge < -0.3 is 9.15 Å². The number of ether oxygens (including phenoxy) is 1. The number of carbonyl (C=O) groups excluding carboxylic acids is 1. The van der Waals surface area contributed by atoms with Crippen LogP contribution in [0.15, 0.2) is 81.3 Å². The van der Waals surface area contributed by atoms with Crippen LogP contribution in [0.4, 0.5) is 0 Å². The molecule has 0 spiro atoms. The lowest BCUT2D eigenvalue weighted by molar-refractivity contribution is 0.0601. The highest BCUT2D eigenvalue weighted by molar-refractivity contribution is 7.99. The fraction of sp³-hybridized carbons (Fsp3) is 0.174. The summed E-state index contributed by atoms with van der Waals surface area (Å²) in [5, 5.41) is 1.07. The topological polar surface area (TPSA) is 74.3 Å². The zero-order chi connectivity index (χ0) is 21.1. The molecule has 0 aliphatic heterocycles. The first kappa shape index (κ1) is 20.0. The van der Waals surface area contributed by atoms with E-state index in [0.717, 1.165) is 5.56 Å². The quantitative estimate of drug-likeness (QED) is 0.256. The molecule has 4 aromatic rings. The second-order valence-corrected chi connectivity index (χ2v) is 8.07. The third-order valence-corrected chi connectivity index (χ3v) is 5.93. The SMILES string of the molecule is COC(=O)c1ccc2c(=O)n(Cc3ccco3)c(SC(C)c3ccccc3)nc2c1. The molecule has 1 unspecified atom stereocenters. The minimum Gasteiger partial charge on any atom is -0.467 e. The predicted molar refractivity (Wildman–Crippen MR) is 116 cm³/mol. The van der Waals surface area contributed by atoms with Gasteiger partial charge in [0.2, 0.25) is 0 Å². The number of aromatic nitrogens is 2. The van der Waals surface area contributed by atoms with Crippen molar-refractivity contribution in [2.24, 2.45) is 0 Å². The summed E-state index contributed by atoms with van der Waals surface area (Å²) >= 11 is 1.49. The molecule has 0 fully saturated rings. The summed E-state index contributed by atoms with van der Waals surface area (Å²) in [6.07, 6.45) is 1.58. The number of carbonyl (C=O) groups is 1. The molecule has 7 heteroatoms. The Labute approximate surface area is 177 Å². The van der Waals surface area contributed by atoms with Gasteiger partial charge in [-0.2, -0.15) is 0 Å². The molecule has 1 atom stereocenters. The fourth-order valence-electron chi connectivity index (χ4n) is 3.18. The maximum absolute atomic E-state index is 13.3. The van der Waals surface area contributed by atoms with Crippen LogP contribution in [-0.2, 0) is 11.3 Å². The molecule has 30 heavy (non-hydrogen) atoms. The number of rotatable bonds is 6. The smallest absolute Gasteiger partial charge is 0.337 e. The zero-order valence-electron chi connectivity index (χ0n) is 16.6. The summed E-state index contributed by atoms with van der Waals surface area (Å²) in [6.45, 7) is 2.34. The van der Waals surface area contributed by atoms with Crippen LogP contribution in [0.1, 0.15) is 33.9 Å². The summed E-state index contributed by atoms with van der Waals surface area (Å²) in [4.78, 5) is 29.9. The lowest BCUT2D eigenvalue weighted by Crippen LogP contribution is -2.24. The van der Waals surface area contributed by atoms with E-state index in [1.54, 1.807) is 35.1 Å². The van der Waals surface area contributed by atoms with Gasteiger partial charge in [0.25, 0.3) is 5.56 Å². The van der Waals surface area contributed by atoms with Crippen LogP contribution in [0, 0.1) is 0 Å². The molecule has 0 amide bonds. The normalized spacial score (nSPS) is 12.1. The van der Waals surface area contributed by atoms with Crippen LogP contribution in [0.3, 0.4) is 0 Å². The molecule has 0 bridgehead atoms. The molecular formula is C23H20N2O4S. The minimum atomic E-state index is -0.467. The van der Waals surface area contributed by atoms with Gasteiger partial charge in [0, 0.05) is 5.25 Å². The second kappa shape index (κ2) is 8.59. The van der Waals surface area contributed by atoms with Crippen molar-refractivity contribution >= 4 is 28.6 Å². The Morgan fingerprint density at radius 1 is 1.17 bits per heavy atom. The third-order valence-electron chi connectivity index (χ3n) is 4.79. The standard InChI is InChI=1S/C23H20N2O4S/c1-15(16-7-4-3-5-8-16)30-23-24-20-13-17(22(27)28-2)10-11-19(20)21(26)25(23)14-18-9-6-12-29-18/h3-13,15H,14H2,1-2H3. The van der Waals surface area contributed by atoms with Crippen molar-refractivity contribution in [3.63, 3.8) is 0 Å². The van der Waals surface area contributed by atoms with Crippen LogP contribution in [0.5, 0.6) is 0 Å². The van der Waals surface area contributed by atoms with E-state index in [2.05, 4.69) is 6.92 Å². The van der Waals surface area contributed by atoms with E-state index < -0.39 is 5.97 Å². The van der Waals surface area contributed by atoms with Crippen molar-refractivity contribution in [2.75, 3.05) is 7.11 Å². The summed E-state index contributed by atoms with van der Waals surface area (Å²) in [5.41, 5.74) is 1.76. The monoisotopic (exact) mass is 420 g/mol. The van der Waals surface area contributed by atoms with Gasteiger partial charge in [0.05, 0.1) is 36.4 Å². The molecule has 2 heterocycles. The molecule has 0 N–H and O–H groups in total. The van der Waals surface area contributed by atoms with E-state index in [1.165, 1.54) is 18.9 Å². The first-order valence-electron chi connectivity index (χ1n) is 9.43. The van der Waals surface area contributed by atoms with Gasteiger partial charge in [-0.15, -0.1) is 0 Å². The van der Waals surface area contributed by atoms with Crippen LogP contribution in [-0.4, -0.2) is 22.6 Å². The van der Waals surface area contributed by atoms with Crippen LogP contribution < -0.4 is 5.56 Å². The van der Waals surface area contributed by atoms with E-state index in [0.29, 0.717) is 27.4 Å². The maximum Gasteiger partial charge on any atom is 0.337 e. The zero-order valence-corrected chi connectivity index (χ0v) is 17.4. The predicted octanol–water partition coefficient (Wildman–Crippen LogP) is 4.68. The van der Waals surface area contributed by atoms with Crippen molar-refractivity contribution in [3.05, 3.63) is 94.2 Å². The largest absolute Gasteiger partial charge is 0.467 e. The molecule has 6 nitrogen and oxygen atoms in total. The summed E-state index contributed by atoms with van der Waals surface area (Å²) in [6, 6.07) is 18.4. The van der Waals surface area contributed by atoms with Crippen molar-refractivity contribution in [2.45, 2.75) is 23.9 Å². The highest BCUT2D eigenvalue weighted by Crippen LogP contribution is 2.34. The van der Waals surface area contributed by atoms with E-state index >= 15 is 0 Å². The molecule has 0 radical (unpaired) electrons. The molecule has 4 rings (SSSR count). The molecule has 0 saturated heterocycles. The lowest BCUT2D eigenvalue weighted by atomic mass is 10.1. The number of fused-ring (bicyclic) bond motifs is 1. The Morgan fingerprint density at radius 3 is 2.67 bits per heavy atom. The van der Waals surface area contributed by atoms with Gasteiger partial charge in [0.15, 0.2) is 5.16 Å². The van der Waals surface area contributed by atoms with E-state index in [1.807, 2.05) is 36.4 Å². The highest BCUT2D eigenvalue weighted by atomic mass is 32.2. The number of esters is 1. The highest BCUT2D eigenvalue weighted by Gasteiger charge is 2.18. The average molecular weight is 420 g/mol. The third kappa shape index (κ3) is 4.02. The Morgan fingerprint density at radius 2 is 1.97 bits per heavy atom. The number of thioether (sulfide) groups is 1. The second-order valence-electron chi connectivity index (χ2n) is 6.76. The number of nitrogens with zero attached hydrogens (tertiary/aromatic N) is 2. The Hall–Kier alpha value is -3.32. The van der Waals surface area contributed by atoms with Gasteiger partial charge in [-0.1, -0.05) is 42.1 Å². The first-order chi connectivity index (χ1) is 14.6. The molecular weight excluding hydrogens is 400 g/mol. The van der Waals surface area contributed by atoms with Gasteiger partial charge >= 0.3 is 5.97 Å². The van der Waals surface area contributed by atoms with E-state index in [9.17, 15) is 9.59 Å². The van der Waals surface area contributed by atoms with Crippen LogP contribution in [0.2, 0.25) is 0 Å². The summed E-state index contributed by atoms with van der Waals surface area (Å²) < 4.78 is 11.9. The molecule has 0 aliphatic rings. The molecule has 2 aromatic heterocycles. The fourth-order valence-corrected chi connectivity index (χ4v) is 4.22. The van der Waals surface area contributed by atoms with Gasteiger partial charge in [-0.05, 0) is 42.8 Å². The number of hydrogen-bond donors (Lipinski definition) is 0. The lowest BCUT2D eigenvalue weighted by Gasteiger charge is -2.16. The Bertz CT molecular complexity index is 1230. The van der Waals surface area contributed by atoms with Crippen molar-refractivity contribution < 1.29 is 13.9 Å². The van der Waals surface area contributed by atoms with Gasteiger partial charge in [0.1, 0.15) is 5.76 Å². The molecule has 2 aromatic carbocycles. The van der Waals surface area contributed by atoms with E-state index in [-0.39, 0.29) is 17.4 Å². The van der Waals surface area contributed by atoms with Crippen molar-refractivity contribution in [1.82, 2.24) is 9.55 Å². The molecule has 0 saturated carbocycles. The maximum atomic E-state index is 13.3. The average Bonchev–Trinajstić information content (AvgIpc) is 3.29. The van der Waals surface area contributed by atoms with Crippen LogP contribution >= 0.6 is 11.8 Å². The number of furan rings is 1. The molecule has 152 valence electrons. The van der Waals surface area contributed by atoms with Gasteiger partial charge in [-0.25, -0.2) is 9.78 Å². The van der Waals surface area contributed by atoms with E-state index in [4.69, 9.17) is 14.1 Å². The Balaban J connectivity index is 1.83. The number of hydrogen-bond acceptors (Lipinski definition) is 6. The minimum absolute atomic E-state index is 0.0715.